The van der Waals surface area contributed by atoms with Gasteiger partial charge in [0.25, 0.3) is 0 Å². The van der Waals surface area contributed by atoms with E-state index in [1.165, 1.54) is 0 Å². The predicted octanol–water partition coefficient (Wildman–Crippen LogP) is 2.39. The monoisotopic (exact) mass is 245 g/mol. The Morgan fingerprint density at radius 2 is 2.11 bits per heavy atom. The molecule has 0 saturated heterocycles. The first kappa shape index (κ1) is 12.6. The van der Waals surface area contributed by atoms with E-state index in [0.717, 1.165) is 35.0 Å². The molecule has 2 N–H and O–H groups in total. The van der Waals surface area contributed by atoms with Crippen molar-refractivity contribution < 1.29 is 4.42 Å². The van der Waals surface area contributed by atoms with Gasteiger partial charge >= 0.3 is 0 Å². The Bertz CT molecular complexity index is 534. The summed E-state index contributed by atoms with van der Waals surface area (Å²) < 4.78 is 5.59. The third kappa shape index (κ3) is 2.71. The zero-order valence-corrected chi connectivity index (χ0v) is 11.1. The Morgan fingerprint density at radius 3 is 2.72 bits per heavy atom. The third-order valence-corrected chi connectivity index (χ3v) is 2.92. The number of hydrogen-bond acceptors (Lipinski definition) is 4. The summed E-state index contributed by atoms with van der Waals surface area (Å²) in [6, 6.07) is 6.03. The SMILES string of the molecule is Cc1cc(N(C)Cc2ccc(C)o2)c(CN)cn1. The molecule has 4 heteroatoms. The largest absolute Gasteiger partial charge is 0.464 e. The van der Waals surface area contributed by atoms with Gasteiger partial charge in [-0.3, -0.25) is 4.98 Å². The van der Waals surface area contributed by atoms with E-state index in [1.807, 2.05) is 39.2 Å². The molecular formula is C14H19N3O. The molecule has 2 rings (SSSR count). The maximum atomic E-state index is 5.75. The highest BCUT2D eigenvalue weighted by atomic mass is 16.3. The van der Waals surface area contributed by atoms with Crippen molar-refractivity contribution in [2.24, 2.45) is 5.73 Å². The van der Waals surface area contributed by atoms with Crippen LogP contribution in [-0.2, 0) is 13.1 Å². The standard InChI is InChI=1S/C14H19N3O/c1-10-6-14(12(7-15)8-16-10)17(3)9-13-5-4-11(2)18-13/h4-6,8H,7,9,15H2,1-3H3. The molecule has 0 aliphatic rings. The van der Waals surface area contributed by atoms with Gasteiger partial charge in [-0.1, -0.05) is 0 Å². The lowest BCUT2D eigenvalue weighted by Crippen LogP contribution is -2.19. The van der Waals surface area contributed by atoms with Crippen LogP contribution in [0.25, 0.3) is 0 Å². The van der Waals surface area contributed by atoms with E-state index in [2.05, 4.69) is 16.0 Å². The molecule has 0 amide bonds. The summed E-state index contributed by atoms with van der Waals surface area (Å²) in [4.78, 5) is 6.41. The summed E-state index contributed by atoms with van der Waals surface area (Å²) in [5, 5.41) is 0. The van der Waals surface area contributed by atoms with Crippen LogP contribution >= 0.6 is 0 Å². The Kier molecular flexibility index (Phi) is 3.67. The van der Waals surface area contributed by atoms with E-state index in [-0.39, 0.29) is 0 Å². The van der Waals surface area contributed by atoms with Crippen molar-refractivity contribution in [2.45, 2.75) is 26.9 Å². The van der Waals surface area contributed by atoms with E-state index in [1.54, 1.807) is 0 Å². The fourth-order valence-electron chi connectivity index (χ4n) is 1.98. The number of anilines is 1. The summed E-state index contributed by atoms with van der Waals surface area (Å²) in [6.45, 7) is 5.15. The minimum atomic E-state index is 0.490. The van der Waals surface area contributed by atoms with Crippen LogP contribution in [0, 0.1) is 13.8 Å². The van der Waals surface area contributed by atoms with Gasteiger partial charge in [0.05, 0.1) is 6.54 Å². The first-order valence-corrected chi connectivity index (χ1v) is 6.02. The molecule has 0 atom stereocenters. The number of furan rings is 1. The Hall–Kier alpha value is -1.81. The smallest absolute Gasteiger partial charge is 0.123 e. The molecule has 0 spiro atoms. The minimum Gasteiger partial charge on any atom is -0.464 e. The number of nitrogens with two attached hydrogens (primary N) is 1. The summed E-state index contributed by atoms with van der Waals surface area (Å²) in [6.07, 6.45) is 1.84. The van der Waals surface area contributed by atoms with Gasteiger partial charge in [0.1, 0.15) is 11.5 Å². The molecule has 0 fully saturated rings. The second-order valence-electron chi connectivity index (χ2n) is 4.53. The van der Waals surface area contributed by atoms with Crippen LogP contribution in [0.4, 0.5) is 5.69 Å². The molecule has 2 heterocycles. The van der Waals surface area contributed by atoms with Crippen LogP contribution in [-0.4, -0.2) is 12.0 Å². The van der Waals surface area contributed by atoms with Gasteiger partial charge in [0.15, 0.2) is 0 Å². The van der Waals surface area contributed by atoms with Gasteiger partial charge in [-0.05, 0) is 32.0 Å². The minimum absolute atomic E-state index is 0.490. The van der Waals surface area contributed by atoms with Crippen LogP contribution in [0.5, 0.6) is 0 Å². The number of nitrogens with zero attached hydrogens (tertiary/aromatic N) is 2. The van der Waals surface area contributed by atoms with Gasteiger partial charge in [0, 0.05) is 36.7 Å². The second-order valence-corrected chi connectivity index (χ2v) is 4.53. The number of rotatable bonds is 4. The molecular weight excluding hydrogens is 226 g/mol. The number of aryl methyl sites for hydroxylation is 2. The van der Waals surface area contributed by atoms with Crippen molar-refractivity contribution in [3.05, 3.63) is 47.2 Å². The molecule has 2 aromatic rings. The Balaban J connectivity index is 2.22. The summed E-state index contributed by atoms with van der Waals surface area (Å²) in [7, 11) is 2.03. The van der Waals surface area contributed by atoms with Crippen LogP contribution in [0.3, 0.4) is 0 Å². The van der Waals surface area contributed by atoms with Crippen molar-refractivity contribution >= 4 is 5.69 Å². The van der Waals surface area contributed by atoms with Gasteiger partial charge in [-0.25, -0.2) is 0 Å². The highest BCUT2D eigenvalue weighted by Gasteiger charge is 2.10. The lowest BCUT2D eigenvalue weighted by atomic mass is 10.2. The van der Waals surface area contributed by atoms with E-state index in [9.17, 15) is 0 Å². The van der Waals surface area contributed by atoms with Crippen molar-refractivity contribution in [3.63, 3.8) is 0 Å². The highest BCUT2D eigenvalue weighted by Crippen LogP contribution is 2.21. The molecule has 0 aliphatic heterocycles. The number of pyridine rings is 1. The molecule has 2 aromatic heterocycles. The van der Waals surface area contributed by atoms with E-state index in [0.29, 0.717) is 6.54 Å². The van der Waals surface area contributed by atoms with Crippen LogP contribution < -0.4 is 10.6 Å². The molecule has 4 nitrogen and oxygen atoms in total. The average Bonchev–Trinajstić information content (AvgIpc) is 2.74. The summed E-state index contributed by atoms with van der Waals surface area (Å²) in [5.74, 6) is 1.88. The quantitative estimate of drug-likeness (QED) is 0.898. The Labute approximate surface area is 107 Å². The molecule has 18 heavy (non-hydrogen) atoms. The molecule has 0 radical (unpaired) electrons. The van der Waals surface area contributed by atoms with Crippen molar-refractivity contribution in [3.8, 4) is 0 Å². The van der Waals surface area contributed by atoms with Gasteiger partial charge in [-0.15, -0.1) is 0 Å². The average molecular weight is 245 g/mol. The third-order valence-electron chi connectivity index (χ3n) is 2.92. The second kappa shape index (κ2) is 5.23. The summed E-state index contributed by atoms with van der Waals surface area (Å²) in [5.41, 5.74) is 8.89. The fourth-order valence-corrected chi connectivity index (χ4v) is 1.98. The maximum absolute atomic E-state index is 5.75. The van der Waals surface area contributed by atoms with Crippen LogP contribution in [0.1, 0.15) is 22.8 Å². The molecule has 0 unspecified atom stereocenters. The van der Waals surface area contributed by atoms with Gasteiger partial charge in [0.2, 0.25) is 0 Å². The number of aromatic nitrogens is 1. The molecule has 0 aromatic carbocycles. The van der Waals surface area contributed by atoms with Crippen molar-refractivity contribution in [1.82, 2.24) is 4.98 Å². The van der Waals surface area contributed by atoms with E-state index >= 15 is 0 Å². The lowest BCUT2D eigenvalue weighted by molar-refractivity contribution is 0.481. The van der Waals surface area contributed by atoms with E-state index in [4.69, 9.17) is 10.2 Å². The Morgan fingerprint density at radius 1 is 1.33 bits per heavy atom. The maximum Gasteiger partial charge on any atom is 0.123 e. The summed E-state index contributed by atoms with van der Waals surface area (Å²) >= 11 is 0. The van der Waals surface area contributed by atoms with Crippen LogP contribution in [0.15, 0.2) is 28.8 Å². The van der Waals surface area contributed by atoms with Gasteiger partial charge in [-0.2, -0.15) is 0 Å². The van der Waals surface area contributed by atoms with Crippen molar-refractivity contribution in [2.75, 3.05) is 11.9 Å². The number of hydrogen-bond donors (Lipinski definition) is 1. The van der Waals surface area contributed by atoms with Gasteiger partial charge < -0.3 is 15.1 Å². The zero-order valence-electron chi connectivity index (χ0n) is 11.1. The first-order chi connectivity index (χ1) is 8.60. The molecule has 0 saturated carbocycles. The van der Waals surface area contributed by atoms with E-state index < -0.39 is 0 Å². The fraction of sp³-hybridized carbons (Fsp3) is 0.357. The molecule has 0 aliphatic carbocycles. The van der Waals surface area contributed by atoms with Crippen LogP contribution in [0.2, 0.25) is 0 Å². The van der Waals surface area contributed by atoms with Crippen molar-refractivity contribution in [1.29, 1.82) is 0 Å². The normalized spacial score (nSPS) is 10.7. The first-order valence-electron chi connectivity index (χ1n) is 6.02. The lowest BCUT2D eigenvalue weighted by Gasteiger charge is -2.21. The topological polar surface area (TPSA) is 55.3 Å². The molecule has 96 valence electrons. The highest BCUT2D eigenvalue weighted by molar-refractivity contribution is 5.53. The molecule has 0 bridgehead atoms. The predicted molar refractivity (Wildman–Crippen MR) is 72.4 cm³/mol. The zero-order chi connectivity index (χ0) is 13.1.